The van der Waals surface area contributed by atoms with Crippen molar-refractivity contribution in [1.82, 2.24) is 30.7 Å². The molecule has 2 heterocycles. The molecular formula is C17H18N8O2. The Morgan fingerprint density at radius 2 is 2.19 bits per heavy atom. The zero-order valence-electron chi connectivity index (χ0n) is 14.7. The Morgan fingerprint density at radius 3 is 2.96 bits per heavy atom. The van der Waals surface area contributed by atoms with Crippen molar-refractivity contribution >= 4 is 17.4 Å². The van der Waals surface area contributed by atoms with Gasteiger partial charge in [0, 0.05) is 5.56 Å². The molecular weight excluding hydrogens is 348 g/mol. The first-order chi connectivity index (χ1) is 13.2. The zero-order valence-corrected chi connectivity index (χ0v) is 14.7. The summed E-state index contributed by atoms with van der Waals surface area (Å²) in [6, 6.07) is 8.04. The van der Waals surface area contributed by atoms with Gasteiger partial charge in [0.25, 0.3) is 5.91 Å². The number of aromatic nitrogens is 5. The number of fused-ring (bicyclic) bond motifs is 1. The normalized spacial score (nSPS) is 14.5. The molecule has 3 aromatic rings. The number of hydrogen-bond donors (Lipinski definition) is 2. The van der Waals surface area contributed by atoms with Crippen LogP contribution in [0.3, 0.4) is 0 Å². The van der Waals surface area contributed by atoms with Crippen LogP contribution in [0.4, 0.5) is 5.82 Å². The zero-order chi connectivity index (χ0) is 18.8. The highest BCUT2D eigenvalue weighted by atomic mass is 16.6. The summed E-state index contributed by atoms with van der Waals surface area (Å²) in [6.45, 7) is 1.99. The fraction of sp³-hybridized carbons (Fsp3) is 0.294. The SMILES string of the molecule is CCCc1c(C(=O)N/N=C2/CCc3ccccc32)nnn1-c1nonc1N. The van der Waals surface area contributed by atoms with E-state index in [0.29, 0.717) is 12.1 Å². The van der Waals surface area contributed by atoms with Gasteiger partial charge in [-0.05, 0) is 35.1 Å². The number of hydrazone groups is 1. The molecule has 10 nitrogen and oxygen atoms in total. The Hall–Kier alpha value is -3.56. The summed E-state index contributed by atoms with van der Waals surface area (Å²) in [6.07, 6.45) is 3.04. The van der Waals surface area contributed by atoms with Gasteiger partial charge in [0.15, 0.2) is 5.69 Å². The van der Waals surface area contributed by atoms with E-state index < -0.39 is 5.91 Å². The molecule has 1 aliphatic carbocycles. The summed E-state index contributed by atoms with van der Waals surface area (Å²) in [7, 11) is 0. The van der Waals surface area contributed by atoms with Gasteiger partial charge in [0.2, 0.25) is 11.6 Å². The first-order valence-electron chi connectivity index (χ1n) is 8.67. The van der Waals surface area contributed by atoms with Crippen LogP contribution in [0.1, 0.15) is 47.1 Å². The minimum Gasteiger partial charge on any atom is -0.378 e. The van der Waals surface area contributed by atoms with E-state index in [1.54, 1.807) is 0 Å². The first kappa shape index (κ1) is 16.9. The lowest BCUT2D eigenvalue weighted by atomic mass is 10.1. The maximum Gasteiger partial charge on any atom is 0.293 e. The molecule has 0 radical (unpaired) electrons. The van der Waals surface area contributed by atoms with Gasteiger partial charge in [-0.2, -0.15) is 9.78 Å². The van der Waals surface area contributed by atoms with Gasteiger partial charge in [-0.3, -0.25) is 4.79 Å². The molecule has 0 atom stereocenters. The molecule has 1 aromatic carbocycles. The molecule has 1 aliphatic rings. The third-order valence-corrected chi connectivity index (χ3v) is 4.41. The number of nitrogen functional groups attached to an aromatic ring is 1. The summed E-state index contributed by atoms with van der Waals surface area (Å²) in [5.41, 5.74) is 12.2. The van der Waals surface area contributed by atoms with Gasteiger partial charge in [-0.25, -0.2) is 10.1 Å². The van der Waals surface area contributed by atoms with Gasteiger partial charge >= 0.3 is 0 Å². The highest BCUT2D eigenvalue weighted by Crippen LogP contribution is 2.22. The van der Waals surface area contributed by atoms with Crippen molar-refractivity contribution in [3.05, 3.63) is 46.8 Å². The Bertz CT molecular complexity index is 1020. The minimum atomic E-state index is -0.434. The third kappa shape index (κ3) is 3.05. The number of hydrogen-bond acceptors (Lipinski definition) is 8. The van der Waals surface area contributed by atoms with Crippen LogP contribution in [0.15, 0.2) is 34.0 Å². The van der Waals surface area contributed by atoms with Gasteiger partial charge in [-0.15, -0.1) is 5.10 Å². The smallest absolute Gasteiger partial charge is 0.293 e. The number of benzene rings is 1. The van der Waals surface area contributed by atoms with Crippen molar-refractivity contribution in [3.8, 4) is 5.82 Å². The van der Waals surface area contributed by atoms with E-state index in [9.17, 15) is 4.79 Å². The van der Waals surface area contributed by atoms with Gasteiger partial charge in [-0.1, -0.05) is 42.8 Å². The first-order valence-corrected chi connectivity index (χ1v) is 8.67. The van der Waals surface area contributed by atoms with Crippen LogP contribution in [0.25, 0.3) is 5.82 Å². The summed E-state index contributed by atoms with van der Waals surface area (Å²) >= 11 is 0. The Balaban J connectivity index is 1.60. The van der Waals surface area contributed by atoms with Crippen molar-refractivity contribution in [1.29, 1.82) is 0 Å². The number of nitrogens with two attached hydrogens (primary N) is 1. The lowest BCUT2D eigenvalue weighted by molar-refractivity contribution is 0.0948. The molecule has 0 fully saturated rings. The molecule has 0 saturated carbocycles. The fourth-order valence-electron chi connectivity index (χ4n) is 3.14. The quantitative estimate of drug-likeness (QED) is 0.648. The van der Waals surface area contributed by atoms with Crippen LogP contribution >= 0.6 is 0 Å². The van der Waals surface area contributed by atoms with Crippen molar-refractivity contribution in [2.75, 3.05) is 5.73 Å². The number of aryl methyl sites for hydroxylation is 1. The van der Waals surface area contributed by atoms with Crippen molar-refractivity contribution in [2.45, 2.75) is 32.6 Å². The number of amides is 1. The lowest BCUT2D eigenvalue weighted by Crippen LogP contribution is -2.22. The number of nitrogens with zero attached hydrogens (tertiary/aromatic N) is 6. The second-order valence-corrected chi connectivity index (χ2v) is 6.18. The standard InChI is InChI=1S/C17H18N8O2/c1-2-5-13-14(20-24-25(13)16-15(18)22-27-23-16)17(26)21-19-12-9-8-10-6-3-4-7-11(10)12/h3-4,6-7H,2,5,8-9H2,1H3,(H2,18,22)(H,21,26)/b19-12-. The maximum atomic E-state index is 12.7. The summed E-state index contributed by atoms with van der Waals surface area (Å²) in [5.74, 6) is -0.148. The molecule has 2 aromatic heterocycles. The van der Waals surface area contributed by atoms with E-state index in [4.69, 9.17) is 5.73 Å². The highest BCUT2D eigenvalue weighted by molar-refractivity contribution is 6.05. The Morgan fingerprint density at radius 1 is 1.33 bits per heavy atom. The molecule has 4 rings (SSSR count). The number of carbonyl (C=O) groups excluding carboxylic acids is 1. The number of nitrogens with one attached hydrogen (secondary N) is 1. The van der Waals surface area contributed by atoms with Crippen molar-refractivity contribution in [2.24, 2.45) is 5.10 Å². The number of rotatable bonds is 5. The molecule has 138 valence electrons. The van der Waals surface area contributed by atoms with Crippen molar-refractivity contribution < 1.29 is 9.42 Å². The maximum absolute atomic E-state index is 12.7. The second-order valence-electron chi connectivity index (χ2n) is 6.18. The van der Waals surface area contributed by atoms with E-state index in [1.807, 2.05) is 25.1 Å². The molecule has 0 unspecified atom stereocenters. The topological polar surface area (TPSA) is 137 Å². The lowest BCUT2D eigenvalue weighted by Gasteiger charge is -2.04. The molecule has 0 aliphatic heterocycles. The summed E-state index contributed by atoms with van der Waals surface area (Å²) < 4.78 is 5.99. The van der Waals surface area contributed by atoms with Crippen LogP contribution in [0.5, 0.6) is 0 Å². The number of anilines is 1. The highest BCUT2D eigenvalue weighted by Gasteiger charge is 2.24. The molecule has 10 heteroatoms. The molecule has 0 bridgehead atoms. The van der Waals surface area contributed by atoms with E-state index >= 15 is 0 Å². The average Bonchev–Trinajstić information content (AvgIpc) is 3.38. The molecule has 3 N–H and O–H groups in total. The van der Waals surface area contributed by atoms with Crippen LogP contribution in [0, 0.1) is 0 Å². The fourth-order valence-corrected chi connectivity index (χ4v) is 3.14. The minimum absolute atomic E-state index is 0.0759. The average molecular weight is 366 g/mol. The Kier molecular flexibility index (Phi) is 4.37. The molecule has 27 heavy (non-hydrogen) atoms. The van der Waals surface area contributed by atoms with E-state index in [2.05, 4.69) is 41.8 Å². The monoisotopic (exact) mass is 366 g/mol. The van der Waals surface area contributed by atoms with Gasteiger partial charge in [0.1, 0.15) is 0 Å². The number of carbonyl (C=O) groups is 1. The largest absolute Gasteiger partial charge is 0.378 e. The van der Waals surface area contributed by atoms with Gasteiger partial charge in [0.05, 0.1) is 11.4 Å². The predicted molar refractivity (Wildman–Crippen MR) is 96.4 cm³/mol. The van der Waals surface area contributed by atoms with E-state index in [0.717, 1.165) is 30.5 Å². The van der Waals surface area contributed by atoms with Crippen LogP contribution in [0.2, 0.25) is 0 Å². The van der Waals surface area contributed by atoms with Crippen LogP contribution in [-0.4, -0.2) is 36.9 Å². The third-order valence-electron chi connectivity index (χ3n) is 4.41. The van der Waals surface area contributed by atoms with Crippen molar-refractivity contribution in [3.63, 3.8) is 0 Å². The van der Waals surface area contributed by atoms with Crippen LogP contribution in [-0.2, 0) is 12.8 Å². The summed E-state index contributed by atoms with van der Waals surface area (Å²) in [5, 5.41) is 19.5. The van der Waals surface area contributed by atoms with E-state index in [1.165, 1.54) is 10.2 Å². The predicted octanol–water partition coefficient (Wildman–Crippen LogP) is 1.27. The molecule has 1 amide bonds. The Labute approximate surface area is 154 Å². The molecule has 0 saturated heterocycles. The summed E-state index contributed by atoms with van der Waals surface area (Å²) in [4.78, 5) is 12.7. The molecule has 0 spiro atoms. The second kappa shape index (κ2) is 6.98. The van der Waals surface area contributed by atoms with Gasteiger partial charge < -0.3 is 5.73 Å². The van der Waals surface area contributed by atoms with Crippen LogP contribution < -0.4 is 11.2 Å². The van der Waals surface area contributed by atoms with E-state index in [-0.39, 0.29) is 17.3 Å².